The largest absolute Gasteiger partial charge is 0.475 e. The van der Waals surface area contributed by atoms with Crippen LogP contribution in [-0.4, -0.2) is 39.2 Å². The molecule has 1 aromatic heterocycles. The summed E-state index contributed by atoms with van der Waals surface area (Å²) in [7, 11) is 3.04. The predicted molar refractivity (Wildman–Crippen MR) is 119 cm³/mol. The molecule has 166 valence electrons. The van der Waals surface area contributed by atoms with Crippen LogP contribution in [0, 0.1) is 5.92 Å². The Morgan fingerprint density at radius 3 is 2.56 bits per heavy atom. The van der Waals surface area contributed by atoms with E-state index in [0.717, 1.165) is 10.0 Å². The summed E-state index contributed by atoms with van der Waals surface area (Å²) in [6, 6.07) is 17.0. The third kappa shape index (κ3) is 2.73. The first-order chi connectivity index (χ1) is 15.3. The highest BCUT2D eigenvalue weighted by molar-refractivity contribution is 9.10. The lowest BCUT2D eigenvalue weighted by Crippen LogP contribution is -2.52. The molecule has 2 heterocycles. The molecular weight excluding hydrogens is 476 g/mol. The van der Waals surface area contributed by atoms with Gasteiger partial charge in [0.05, 0.1) is 25.8 Å². The van der Waals surface area contributed by atoms with Crippen LogP contribution in [0.25, 0.3) is 0 Å². The van der Waals surface area contributed by atoms with Crippen LogP contribution < -0.4 is 4.74 Å². The molecule has 0 radical (unpaired) electrons. The van der Waals surface area contributed by atoms with E-state index in [1.165, 1.54) is 7.11 Å². The van der Waals surface area contributed by atoms with Crippen LogP contribution >= 0.6 is 15.9 Å². The lowest BCUT2D eigenvalue weighted by Gasteiger charge is -2.40. The second-order valence-corrected chi connectivity index (χ2v) is 9.32. The van der Waals surface area contributed by atoms with Crippen molar-refractivity contribution in [3.63, 3.8) is 0 Å². The van der Waals surface area contributed by atoms with Gasteiger partial charge in [-0.15, -0.1) is 0 Å². The summed E-state index contributed by atoms with van der Waals surface area (Å²) in [5.74, 6) is -1.28. The number of aromatic nitrogens is 2. The van der Waals surface area contributed by atoms with Crippen LogP contribution in [0.1, 0.15) is 29.2 Å². The van der Waals surface area contributed by atoms with E-state index < -0.39 is 35.1 Å². The summed E-state index contributed by atoms with van der Waals surface area (Å²) in [6.45, 7) is 0. The summed E-state index contributed by atoms with van der Waals surface area (Å²) >= 11 is 3.46. The normalized spacial score (nSPS) is 30.5. The maximum atomic E-state index is 12.4. The first kappa shape index (κ1) is 21.2. The van der Waals surface area contributed by atoms with Crippen LogP contribution in [0.2, 0.25) is 0 Å². The van der Waals surface area contributed by atoms with Gasteiger partial charge in [0.25, 0.3) is 0 Å². The van der Waals surface area contributed by atoms with E-state index in [9.17, 15) is 15.0 Å². The molecule has 1 saturated carbocycles. The number of halogens is 1. The van der Waals surface area contributed by atoms with E-state index in [2.05, 4.69) is 21.0 Å². The van der Waals surface area contributed by atoms with Crippen molar-refractivity contribution < 1.29 is 24.5 Å². The van der Waals surface area contributed by atoms with Crippen LogP contribution in [0.3, 0.4) is 0 Å². The van der Waals surface area contributed by atoms with Crippen LogP contribution in [0.4, 0.5) is 0 Å². The Kier molecular flexibility index (Phi) is 4.92. The number of ether oxygens (including phenoxy) is 2. The zero-order valence-corrected chi connectivity index (χ0v) is 19.2. The third-order valence-corrected chi connectivity index (χ3v) is 7.28. The van der Waals surface area contributed by atoms with Crippen molar-refractivity contribution >= 4 is 21.9 Å². The molecule has 5 rings (SSSR count). The number of nitrogens with zero attached hydrogens (tertiary/aromatic N) is 2. The third-order valence-electron chi connectivity index (χ3n) is 6.75. The average Bonchev–Trinajstić information content (AvgIpc) is 3.33. The topological polar surface area (TPSA) is 93.8 Å². The number of carbonyl (C=O) groups is 1. The molecule has 1 aliphatic heterocycles. The zero-order chi connectivity index (χ0) is 22.7. The second-order valence-electron chi connectivity index (χ2n) is 8.40. The van der Waals surface area contributed by atoms with Crippen molar-refractivity contribution in [3.05, 3.63) is 82.1 Å². The number of hydrogen-bond donors (Lipinski definition) is 2. The first-order valence-corrected chi connectivity index (χ1v) is 11.1. The number of aliphatic hydroxyl groups excluding tert-OH is 1. The monoisotopic (exact) mass is 498 g/mol. The highest BCUT2D eigenvalue weighted by Crippen LogP contribution is 2.68. The molecule has 1 fully saturated rings. The highest BCUT2D eigenvalue weighted by Gasteiger charge is 2.77. The summed E-state index contributed by atoms with van der Waals surface area (Å²) in [5.41, 5.74) is -1.47. The second kappa shape index (κ2) is 7.43. The molecule has 3 aromatic rings. The lowest BCUT2D eigenvalue weighted by atomic mass is 9.71. The van der Waals surface area contributed by atoms with Gasteiger partial charge in [-0.2, -0.15) is 5.10 Å². The Morgan fingerprint density at radius 2 is 1.91 bits per heavy atom. The average molecular weight is 499 g/mol. The standard InChI is InChI=1S/C24H23BrN2O5/c1-27-13-18-21(26-27)23(30)22(29)17(12-19(28)31-2)20(14-6-4-3-5-7-14)24(23,32-18)15-8-10-16(25)11-9-15/h3-11,13,17,20,22,29-30H,12H2,1-2H3/t17-,20-,22-,23+,24+/m1/s1. The van der Waals surface area contributed by atoms with Gasteiger partial charge in [0.1, 0.15) is 5.69 Å². The number of aliphatic hydroxyl groups is 2. The molecule has 0 spiro atoms. The summed E-state index contributed by atoms with van der Waals surface area (Å²) in [4.78, 5) is 12.4. The van der Waals surface area contributed by atoms with Gasteiger partial charge in [-0.25, -0.2) is 0 Å². The molecule has 0 saturated heterocycles. The minimum Gasteiger partial charge on any atom is -0.475 e. The van der Waals surface area contributed by atoms with E-state index in [1.807, 2.05) is 54.6 Å². The van der Waals surface area contributed by atoms with E-state index in [4.69, 9.17) is 9.47 Å². The minimum atomic E-state index is -1.88. The fourth-order valence-corrected chi connectivity index (χ4v) is 5.75. The Balaban J connectivity index is 1.81. The van der Waals surface area contributed by atoms with Crippen LogP contribution in [0.5, 0.6) is 5.75 Å². The Labute approximate surface area is 193 Å². The lowest BCUT2D eigenvalue weighted by molar-refractivity contribution is -0.156. The first-order valence-electron chi connectivity index (χ1n) is 10.3. The molecule has 1 aliphatic carbocycles. The van der Waals surface area contributed by atoms with Crippen LogP contribution in [0.15, 0.2) is 65.3 Å². The molecule has 2 aliphatic rings. The summed E-state index contributed by atoms with van der Waals surface area (Å²) in [6.07, 6.45) is 0.284. The molecule has 32 heavy (non-hydrogen) atoms. The van der Waals surface area contributed by atoms with Crippen molar-refractivity contribution in [2.75, 3.05) is 7.11 Å². The summed E-state index contributed by atoms with van der Waals surface area (Å²) in [5, 5.41) is 28.4. The van der Waals surface area contributed by atoms with E-state index in [-0.39, 0.29) is 12.1 Å². The van der Waals surface area contributed by atoms with E-state index >= 15 is 0 Å². The number of esters is 1. The van der Waals surface area contributed by atoms with Crippen LogP contribution in [-0.2, 0) is 27.8 Å². The van der Waals surface area contributed by atoms with Gasteiger partial charge in [-0.1, -0.05) is 58.4 Å². The minimum absolute atomic E-state index is 0.0800. The van der Waals surface area contributed by atoms with E-state index in [0.29, 0.717) is 11.3 Å². The molecule has 8 heteroatoms. The van der Waals surface area contributed by atoms with Gasteiger partial charge in [0, 0.05) is 23.4 Å². The summed E-state index contributed by atoms with van der Waals surface area (Å²) < 4.78 is 13.9. The molecule has 0 bridgehead atoms. The number of methoxy groups -OCH3 is 1. The Hall–Kier alpha value is -2.68. The van der Waals surface area contributed by atoms with Gasteiger partial charge >= 0.3 is 5.97 Å². The molecule has 5 atom stereocenters. The number of hydrogen-bond acceptors (Lipinski definition) is 6. The Bertz CT molecular complexity index is 1160. The molecule has 2 N–H and O–H groups in total. The Morgan fingerprint density at radius 1 is 1.22 bits per heavy atom. The van der Waals surface area contributed by atoms with Crippen molar-refractivity contribution in [2.45, 2.75) is 29.6 Å². The fraction of sp³-hybridized carbons (Fsp3) is 0.333. The maximum absolute atomic E-state index is 12.4. The smallest absolute Gasteiger partial charge is 0.305 e. The molecule has 7 nitrogen and oxygen atoms in total. The fourth-order valence-electron chi connectivity index (χ4n) is 5.49. The van der Waals surface area contributed by atoms with Crippen molar-refractivity contribution in [1.29, 1.82) is 0 Å². The number of benzene rings is 2. The SMILES string of the molecule is COC(=O)C[C@H]1[C@@H](O)[C@@]2(O)c3nn(C)cc3O[C@@]2(c2ccc(Br)cc2)[C@@H]1c1ccccc1. The van der Waals surface area contributed by atoms with Gasteiger partial charge in [0.2, 0.25) is 0 Å². The predicted octanol–water partition coefficient (Wildman–Crippen LogP) is 3.00. The number of carbonyl (C=O) groups excluding carboxylic acids is 1. The number of rotatable bonds is 4. The molecule has 2 aromatic carbocycles. The van der Waals surface area contributed by atoms with Crippen molar-refractivity contribution in [2.24, 2.45) is 13.0 Å². The van der Waals surface area contributed by atoms with E-state index in [1.54, 1.807) is 17.9 Å². The molecular formula is C24H23BrN2O5. The van der Waals surface area contributed by atoms with Gasteiger partial charge in [-0.3, -0.25) is 9.48 Å². The van der Waals surface area contributed by atoms with Gasteiger partial charge in [-0.05, 0) is 23.3 Å². The molecule has 0 unspecified atom stereocenters. The number of aryl methyl sites for hydroxylation is 1. The zero-order valence-electron chi connectivity index (χ0n) is 17.6. The van der Waals surface area contributed by atoms with Crippen molar-refractivity contribution in [3.8, 4) is 5.75 Å². The maximum Gasteiger partial charge on any atom is 0.305 e. The van der Waals surface area contributed by atoms with Crippen molar-refractivity contribution in [1.82, 2.24) is 9.78 Å². The number of fused-ring (bicyclic) bond motifs is 3. The highest BCUT2D eigenvalue weighted by atomic mass is 79.9. The molecule has 0 amide bonds. The van der Waals surface area contributed by atoms with Gasteiger partial charge in [0.15, 0.2) is 17.0 Å². The van der Waals surface area contributed by atoms with Gasteiger partial charge < -0.3 is 19.7 Å². The quantitative estimate of drug-likeness (QED) is 0.537.